The average molecular weight is 352 g/mol. The highest BCUT2D eigenvalue weighted by Gasteiger charge is 2.19. The zero-order chi connectivity index (χ0) is 17.7. The van der Waals surface area contributed by atoms with Crippen molar-refractivity contribution in [3.8, 4) is 22.8 Å². The van der Waals surface area contributed by atoms with Crippen molar-refractivity contribution in [3.05, 3.63) is 30.5 Å². The Morgan fingerprint density at radius 2 is 1.96 bits per heavy atom. The van der Waals surface area contributed by atoms with Gasteiger partial charge in [-0.1, -0.05) is 19.6 Å². The van der Waals surface area contributed by atoms with Crippen molar-refractivity contribution >= 4 is 8.07 Å². The van der Waals surface area contributed by atoms with Crippen LogP contribution in [-0.4, -0.2) is 38.5 Å². The summed E-state index contributed by atoms with van der Waals surface area (Å²) in [6.07, 6.45) is 4.85. The fourth-order valence-electron chi connectivity index (χ4n) is 2.28. The summed E-state index contributed by atoms with van der Waals surface area (Å²) in [5.74, 6) is -0.0719. The second-order valence-electron chi connectivity index (χ2n) is 6.79. The van der Waals surface area contributed by atoms with Crippen molar-refractivity contribution in [2.75, 3.05) is 20.8 Å². The molecule has 0 aromatic carbocycles. The molecule has 24 heavy (non-hydrogen) atoms. The number of pyridine rings is 1. The summed E-state index contributed by atoms with van der Waals surface area (Å²) in [6, 6.07) is 2.99. The lowest BCUT2D eigenvalue weighted by atomic mass is 10.1. The molecule has 0 amide bonds. The summed E-state index contributed by atoms with van der Waals surface area (Å²) in [7, 11) is 1.84. The molecule has 2 heterocycles. The monoisotopic (exact) mass is 352 g/mol. The van der Waals surface area contributed by atoms with E-state index in [1.54, 1.807) is 0 Å². The molecule has 5 nitrogen and oxygen atoms in total. The lowest BCUT2D eigenvalue weighted by Crippen LogP contribution is -2.21. The predicted molar refractivity (Wildman–Crippen MR) is 94.8 cm³/mol. The highest BCUT2D eigenvalue weighted by atomic mass is 28.3. The van der Waals surface area contributed by atoms with Gasteiger partial charge in [-0.05, 0) is 12.1 Å². The summed E-state index contributed by atoms with van der Waals surface area (Å²) in [6.45, 7) is 8.16. The van der Waals surface area contributed by atoms with Gasteiger partial charge in [0.05, 0.1) is 26.0 Å². The molecule has 0 aliphatic rings. The van der Waals surface area contributed by atoms with Crippen LogP contribution in [0.25, 0.3) is 11.1 Å². The highest BCUT2D eigenvalue weighted by Crippen LogP contribution is 2.38. The molecule has 0 radical (unpaired) electrons. The Labute approximate surface area is 143 Å². The van der Waals surface area contributed by atoms with Crippen LogP contribution in [0.2, 0.25) is 25.7 Å². The molecular formula is C17H25FN2O3Si. The van der Waals surface area contributed by atoms with Gasteiger partial charge in [0.25, 0.3) is 0 Å². The molecule has 0 bridgehead atoms. The minimum absolute atomic E-state index is 0.124. The van der Waals surface area contributed by atoms with Crippen molar-refractivity contribution in [3.63, 3.8) is 0 Å². The number of halogens is 1. The van der Waals surface area contributed by atoms with Gasteiger partial charge in [-0.15, -0.1) is 0 Å². The van der Waals surface area contributed by atoms with E-state index in [0.29, 0.717) is 18.2 Å². The van der Waals surface area contributed by atoms with Crippen LogP contribution in [0.1, 0.15) is 0 Å². The van der Waals surface area contributed by atoms with Gasteiger partial charge >= 0.3 is 0 Å². The van der Waals surface area contributed by atoms with Gasteiger partial charge in [-0.2, -0.15) is 0 Å². The average Bonchev–Trinajstić information content (AvgIpc) is 2.98. The summed E-state index contributed by atoms with van der Waals surface area (Å²) in [4.78, 5) is 3.98. The topological polar surface area (TPSA) is 45.5 Å². The van der Waals surface area contributed by atoms with Crippen molar-refractivity contribution in [1.82, 2.24) is 9.55 Å². The Kier molecular flexibility index (Phi) is 6.01. The molecule has 0 aliphatic heterocycles. The zero-order valence-corrected chi connectivity index (χ0v) is 15.9. The van der Waals surface area contributed by atoms with Crippen molar-refractivity contribution < 1.29 is 18.6 Å². The quantitative estimate of drug-likeness (QED) is 0.532. The Hall–Kier alpha value is -1.86. The third-order valence-corrected chi connectivity index (χ3v) is 5.33. The van der Waals surface area contributed by atoms with Crippen LogP contribution in [-0.2, 0) is 11.5 Å². The van der Waals surface area contributed by atoms with Gasteiger partial charge in [0.1, 0.15) is 6.73 Å². The minimum Gasteiger partial charge on any atom is -0.493 e. The van der Waals surface area contributed by atoms with Crippen LogP contribution >= 0.6 is 0 Å². The van der Waals surface area contributed by atoms with Gasteiger partial charge in [0, 0.05) is 32.6 Å². The van der Waals surface area contributed by atoms with Gasteiger partial charge in [0.15, 0.2) is 11.6 Å². The molecule has 0 N–H and O–H groups in total. The van der Waals surface area contributed by atoms with E-state index in [4.69, 9.17) is 14.2 Å². The second-order valence-corrected chi connectivity index (χ2v) is 12.4. The minimum atomic E-state index is -1.09. The standard InChI is InChI=1S/C17H25FN2O3Si/c1-21-16-14(18)10-19-17(22-2)15(16)13-6-7-20(11-13)12-23-8-9-24(3,4)5/h6-7,10-11H,8-9,12H2,1-5H3. The Morgan fingerprint density at radius 1 is 1.21 bits per heavy atom. The number of hydrogen-bond acceptors (Lipinski definition) is 4. The number of rotatable bonds is 8. The molecule has 0 saturated carbocycles. The first-order valence-electron chi connectivity index (χ1n) is 7.86. The SMILES string of the molecule is COc1ncc(F)c(OC)c1-c1ccn(COCC[Si](C)(C)C)c1. The van der Waals surface area contributed by atoms with Gasteiger partial charge in [-0.3, -0.25) is 0 Å². The lowest BCUT2D eigenvalue weighted by molar-refractivity contribution is 0.0875. The first kappa shape index (κ1) is 18.5. The van der Waals surface area contributed by atoms with E-state index in [0.717, 1.165) is 24.4 Å². The van der Waals surface area contributed by atoms with Crippen LogP contribution in [0.5, 0.6) is 11.6 Å². The third-order valence-electron chi connectivity index (χ3n) is 3.63. The van der Waals surface area contributed by atoms with Crippen molar-refractivity contribution in [2.45, 2.75) is 32.4 Å². The van der Waals surface area contributed by atoms with Crippen LogP contribution in [0.3, 0.4) is 0 Å². The number of nitrogens with zero attached hydrogens (tertiary/aromatic N) is 2. The molecule has 0 fully saturated rings. The summed E-state index contributed by atoms with van der Waals surface area (Å²) in [5, 5.41) is 0. The largest absolute Gasteiger partial charge is 0.493 e. The van der Waals surface area contributed by atoms with E-state index < -0.39 is 13.9 Å². The molecule has 2 rings (SSSR count). The van der Waals surface area contributed by atoms with Crippen molar-refractivity contribution in [1.29, 1.82) is 0 Å². The molecular weight excluding hydrogens is 327 g/mol. The Morgan fingerprint density at radius 3 is 2.58 bits per heavy atom. The van der Waals surface area contributed by atoms with Crippen LogP contribution in [0.4, 0.5) is 4.39 Å². The Balaban J connectivity index is 2.15. The van der Waals surface area contributed by atoms with Crippen LogP contribution in [0.15, 0.2) is 24.7 Å². The fourth-order valence-corrected chi connectivity index (χ4v) is 3.04. The number of methoxy groups -OCH3 is 2. The summed E-state index contributed by atoms with van der Waals surface area (Å²) in [5.41, 5.74) is 1.27. The van der Waals surface area contributed by atoms with Gasteiger partial charge in [0.2, 0.25) is 5.88 Å². The smallest absolute Gasteiger partial charge is 0.225 e. The van der Waals surface area contributed by atoms with E-state index in [1.165, 1.54) is 14.2 Å². The number of hydrogen-bond donors (Lipinski definition) is 0. The third kappa shape index (κ3) is 4.58. The van der Waals surface area contributed by atoms with Gasteiger partial charge < -0.3 is 18.8 Å². The first-order chi connectivity index (χ1) is 11.4. The summed E-state index contributed by atoms with van der Waals surface area (Å²) >= 11 is 0. The maximum atomic E-state index is 13.9. The number of ether oxygens (including phenoxy) is 3. The van der Waals surface area contributed by atoms with E-state index in [2.05, 4.69) is 24.6 Å². The Bertz CT molecular complexity index is 683. The maximum Gasteiger partial charge on any atom is 0.225 e. The normalized spacial score (nSPS) is 11.6. The molecule has 0 aliphatic carbocycles. The first-order valence-corrected chi connectivity index (χ1v) is 11.6. The van der Waals surface area contributed by atoms with E-state index in [-0.39, 0.29) is 5.75 Å². The zero-order valence-electron chi connectivity index (χ0n) is 14.9. The summed E-state index contributed by atoms with van der Waals surface area (Å²) < 4.78 is 32.0. The van der Waals surface area contributed by atoms with E-state index >= 15 is 0 Å². The molecule has 2 aromatic rings. The molecule has 7 heteroatoms. The second kappa shape index (κ2) is 7.81. The van der Waals surface area contributed by atoms with Gasteiger partial charge in [-0.25, -0.2) is 9.37 Å². The lowest BCUT2D eigenvalue weighted by Gasteiger charge is -2.15. The van der Waals surface area contributed by atoms with Crippen molar-refractivity contribution in [2.24, 2.45) is 0 Å². The highest BCUT2D eigenvalue weighted by molar-refractivity contribution is 6.76. The maximum absolute atomic E-state index is 13.9. The molecule has 132 valence electrons. The molecule has 0 spiro atoms. The van der Waals surface area contributed by atoms with Crippen LogP contribution in [0, 0.1) is 5.82 Å². The fraction of sp³-hybridized carbons (Fsp3) is 0.471. The predicted octanol–water partition coefficient (Wildman–Crippen LogP) is 4.02. The van der Waals surface area contributed by atoms with E-state index in [9.17, 15) is 4.39 Å². The van der Waals surface area contributed by atoms with E-state index in [1.807, 2.05) is 23.0 Å². The molecule has 0 atom stereocenters. The molecule has 0 unspecified atom stereocenters. The molecule has 2 aromatic heterocycles. The number of aromatic nitrogens is 2. The van der Waals surface area contributed by atoms with Crippen LogP contribution < -0.4 is 9.47 Å². The molecule has 0 saturated heterocycles.